The maximum atomic E-state index is 13.0. The van der Waals surface area contributed by atoms with Crippen molar-refractivity contribution in [3.63, 3.8) is 0 Å². The van der Waals surface area contributed by atoms with Gasteiger partial charge in [0.15, 0.2) is 0 Å². The van der Waals surface area contributed by atoms with E-state index in [9.17, 15) is 9.50 Å². The van der Waals surface area contributed by atoms with Crippen LogP contribution in [0.3, 0.4) is 0 Å². The summed E-state index contributed by atoms with van der Waals surface area (Å²) in [6, 6.07) is 18.2. The third kappa shape index (κ3) is 3.05. The first-order chi connectivity index (χ1) is 10.8. The molecule has 110 valence electrons. The minimum absolute atomic E-state index is 0.0137. The molecule has 3 heteroatoms. The lowest BCUT2D eigenvalue weighted by Crippen LogP contribution is -2.06. The Bertz CT molecular complexity index is 724. The first-order valence-corrected chi connectivity index (χ1v) is 7.14. The molecule has 1 heterocycles. The van der Waals surface area contributed by atoms with Crippen molar-refractivity contribution in [1.82, 2.24) is 4.98 Å². The van der Waals surface area contributed by atoms with Gasteiger partial charge in [0.2, 0.25) is 0 Å². The highest BCUT2D eigenvalue weighted by molar-refractivity contribution is 5.63. The second-order valence-corrected chi connectivity index (χ2v) is 5.14. The fourth-order valence-electron chi connectivity index (χ4n) is 2.55. The lowest BCUT2D eigenvalue weighted by Gasteiger charge is -2.16. The molecular weight excluding hydrogens is 277 g/mol. The number of pyridine rings is 1. The standard InChI is InChI=1S/C19H16FNO/c20-18-7-5-17(6-8-18)19(13-22)16-3-1-14(2-4-16)15-9-11-21-12-10-15/h1-12,19,22H,13H2. The van der Waals surface area contributed by atoms with Crippen LogP contribution in [0.15, 0.2) is 73.1 Å². The molecule has 0 aliphatic rings. The molecule has 1 unspecified atom stereocenters. The van der Waals surface area contributed by atoms with E-state index in [4.69, 9.17) is 0 Å². The first kappa shape index (κ1) is 14.4. The molecule has 3 aromatic rings. The van der Waals surface area contributed by atoms with Gasteiger partial charge < -0.3 is 5.11 Å². The Morgan fingerprint density at radius 1 is 0.773 bits per heavy atom. The normalized spacial score (nSPS) is 12.1. The van der Waals surface area contributed by atoms with Crippen LogP contribution in [0.1, 0.15) is 17.0 Å². The van der Waals surface area contributed by atoms with E-state index in [-0.39, 0.29) is 18.3 Å². The van der Waals surface area contributed by atoms with Gasteiger partial charge >= 0.3 is 0 Å². The van der Waals surface area contributed by atoms with Crippen LogP contribution >= 0.6 is 0 Å². The maximum absolute atomic E-state index is 13.0. The lowest BCUT2D eigenvalue weighted by molar-refractivity contribution is 0.280. The predicted octanol–water partition coefficient (Wildman–Crippen LogP) is 4.01. The molecule has 1 atom stereocenters. The number of benzene rings is 2. The molecule has 1 aromatic heterocycles. The number of nitrogens with zero attached hydrogens (tertiary/aromatic N) is 1. The van der Waals surface area contributed by atoms with Gasteiger partial charge in [-0.3, -0.25) is 4.98 Å². The molecule has 0 saturated heterocycles. The summed E-state index contributed by atoms with van der Waals surface area (Å²) in [6.45, 7) is -0.0137. The molecule has 0 fully saturated rings. The van der Waals surface area contributed by atoms with E-state index in [2.05, 4.69) is 4.98 Å². The zero-order chi connectivity index (χ0) is 15.4. The van der Waals surface area contributed by atoms with Crippen LogP contribution in [-0.4, -0.2) is 16.7 Å². The Morgan fingerprint density at radius 2 is 1.27 bits per heavy atom. The predicted molar refractivity (Wildman–Crippen MR) is 85.0 cm³/mol. The molecule has 0 amide bonds. The van der Waals surface area contributed by atoms with E-state index in [1.807, 2.05) is 36.4 Å². The van der Waals surface area contributed by atoms with Crippen LogP contribution in [0.25, 0.3) is 11.1 Å². The van der Waals surface area contributed by atoms with Gasteiger partial charge in [0, 0.05) is 18.3 Å². The van der Waals surface area contributed by atoms with Gasteiger partial charge in [-0.2, -0.15) is 0 Å². The Labute approximate surface area is 128 Å². The number of halogens is 1. The van der Waals surface area contributed by atoms with E-state index < -0.39 is 0 Å². The minimum atomic E-state index is -0.270. The largest absolute Gasteiger partial charge is 0.395 e. The monoisotopic (exact) mass is 293 g/mol. The van der Waals surface area contributed by atoms with E-state index in [0.29, 0.717) is 0 Å². The van der Waals surface area contributed by atoms with Crippen LogP contribution in [0.2, 0.25) is 0 Å². The van der Waals surface area contributed by atoms with Crippen LogP contribution in [-0.2, 0) is 0 Å². The van der Waals surface area contributed by atoms with Crippen molar-refractivity contribution < 1.29 is 9.50 Å². The Balaban J connectivity index is 1.89. The topological polar surface area (TPSA) is 33.1 Å². The quantitative estimate of drug-likeness (QED) is 0.788. The van der Waals surface area contributed by atoms with Gasteiger partial charge in [0.1, 0.15) is 5.82 Å². The van der Waals surface area contributed by atoms with Crippen molar-refractivity contribution in [2.75, 3.05) is 6.61 Å². The van der Waals surface area contributed by atoms with E-state index >= 15 is 0 Å². The summed E-state index contributed by atoms with van der Waals surface area (Å²) in [4.78, 5) is 4.01. The Morgan fingerprint density at radius 3 is 1.82 bits per heavy atom. The van der Waals surface area contributed by atoms with Crippen molar-refractivity contribution in [3.8, 4) is 11.1 Å². The van der Waals surface area contributed by atoms with E-state index in [1.165, 1.54) is 12.1 Å². The third-order valence-corrected chi connectivity index (χ3v) is 3.78. The molecule has 3 rings (SSSR count). The van der Waals surface area contributed by atoms with Crippen molar-refractivity contribution in [2.45, 2.75) is 5.92 Å². The molecule has 0 bridgehead atoms. The highest BCUT2D eigenvalue weighted by Gasteiger charge is 2.13. The highest BCUT2D eigenvalue weighted by atomic mass is 19.1. The molecular formula is C19H16FNO. The summed E-state index contributed by atoms with van der Waals surface area (Å²) >= 11 is 0. The zero-order valence-electron chi connectivity index (χ0n) is 12.0. The van der Waals surface area contributed by atoms with Crippen molar-refractivity contribution in [2.24, 2.45) is 0 Å². The second kappa shape index (κ2) is 6.50. The van der Waals surface area contributed by atoms with E-state index in [0.717, 1.165) is 22.3 Å². The maximum Gasteiger partial charge on any atom is 0.123 e. The molecule has 22 heavy (non-hydrogen) atoms. The molecule has 0 spiro atoms. The van der Waals surface area contributed by atoms with Gasteiger partial charge in [0.05, 0.1) is 6.61 Å². The average Bonchev–Trinajstić information content (AvgIpc) is 2.59. The molecule has 2 aromatic carbocycles. The van der Waals surface area contributed by atoms with E-state index in [1.54, 1.807) is 24.5 Å². The van der Waals surface area contributed by atoms with Gasteiger partial charge in [-0.05, 0) is 46.5 Å². The van der Waals surface area contributed by atoms with Gasteiger partial charge in [-0.25, -0.2) is 4.39 Å². The summed E-state index contributed by atoms with van der Waals surface area (Å²) in [5.41, 5.74) is 4.11. The highest BCUT2D eigenvalue weighted by Crippen LogP contribution is 2.27. The number of aliphatic hydroxyl groups is 1. The van der Waals surface area contributed by atoms with Gasteiger partial charge in [-0.15, -0.1) is 0 Å². The van der Waals surface area contributed by atoms with Crippen LogP contribution < -0.4 is 0 Å². The second-order valence-electron chi connectivity index (χ2n) is 5.14. The molecule has 0 saturated carbocycles. The molecule has 0 aliphatic carbocycles. The summed E-state index contributed by atoms with van der Waals surface area (Å²) in [7, 11) is 0. The molecule has 2 nitrogen and oxygen atoms in total. The van der Waals surface area contributed by atoms with Gasteiger partial charge in [0.25, 0.3) is 0 Å². The number of aromatic nitrogens is 1. The van der Waals surface area contributed by atoms with Crippen LogP contribution in [0, 0.1) is 5.82 Å². The molecule has 0 radical (unpaired) electrons. The minimum Gasteiger partial charge on any atom is -0.395 e. The fraction of sp³-hybridized carbons (Fsp3) is 0.105. The number of aliphatic hydroxyl groups excluding tert-OH is 1. The van der Waals surface area contributed by atoms with Gasteiger partial charge in [-0.1, -0.05) is 36.4 Å². The third-order valence-electron chi connectivity index (χ3n) is 3.78. The number of rotatable bonds is 4. The lowest BCUT2D eigenvalue weighted by atomic mass is 9.91. The average molecular weight is 293 g/mol. The van der Waals surface area contributed by atoms with Crippen LogP contribution in [0.5, 0.6) is 0 Å². The summed E-state index contributed by atoms with van der Waals surface area (Å²) < 4.78 is 13.0. The van der Waals surface area contributed by atoms with Crippen molar-refractivity contribution in [1.29, 1.82) is 0 Å². The Kier molecular flexibility index (Phi) is 4.26. The molecule has 1 N–H and O–H groups in total. The van der Waals surface area contributed by atoms with Crippen LogP contribution in [0.4, 0.5) is 4.39 Å². The fourth-order valence-corrected chi connectivity index (χ4v) is 2.55. The summed E-state index contributed by atoms with van der Waals surface area (Å²) in [5, 5.41) is 9.69. The first-order valence-electron chi connectivity index (χ1n) is 7.14. The van der Waals surface area contributed by atoms with Crippen molar-refractivity contribution in [3.05, 3.63) is 90.0 Å². The number of hydrogen-bond acceptors (Lipinski definition) is 2. The number of hydrogen-bond donors (Lipinski definition) is 1. The smallest absolute Gasteiger partial charge is 0.123 e. The SMILES string of the molecule is OCC(c1ccc(F)cc1)c1ccc(-c2ccncc2)cc1. The summed E-state index contributed by atoms with van der Waals surface area (Å²) in [5.74, 6) is -0.416. The van der Waals surface area contributed by atoms with Crippen molar-refractivity contribution >= 4 is 0 Å². The molecule has 0 aliphatic heterocycles. The Hall–Kier alpha value is -2.52. The summed E-state index contributed by atoms with van der Waals surface area (Å²) in [6.07, 6.45) is 3.52. The zero-order valence-corrected chi connectivity index (χ0v) is 12.0.